The quantitative estimate of drug-likeness (QED) is 0.812. The summed E-state index contributed by atoms with van der Waals surface area (Å²) in [5, 5.41) is 2.83. The molecule has 0 bridgehead atoms. The van der Waals surface area contributed by atoms with E-state index in [1.54, 1.807) is 0 Å². The van der Waals surface area contributed by atoms with Gasteiger partial charge in [0.15, 0.2) is 0 Å². The molecule has 5 heteroatoms. The Hall–Kier alpha value is -1.88. The zero-order valence-corrected chi connectivity index (χ0v) is 13.3. The molecule has 1 heterocycles. The first kappa shape index (κ1) is 16.5. The third-order valence-electron chi connectivity index (χ3n) is 3.78. The number of carbonyl (C=O) groups excluding carboxylic acids is 2. The predicted molar refractivity (Wildman–Crippen MR) is 84.3 cm³/mol. The van der Waals surface area contributed by atoms with Crippen LogP contribution in [0.3, 0.4) is 0 Å². The van der Waals surface area contributed by atoms with Crippen molar-refractivity contribution in [2.75, 3.05) is 19.7 Å². The minimum Gasteiger partial charge on any atom is -0.466 e. The molecule has 1 aliphatic heterocycles. The van der Waals surface area contributed by atoms with Crippen LogP contribution >= 0.6 is 0 Å². The normalized spacial score (nSPS) is 18.8. The van der Waals surface area contributed by atoms with Crippen molar-refractivity contribution in [2.45, 2.75) is 39.3 Å². The van der Waals surface area contributed by atoms with E-state index in [1.165, 1.54) is 5.56 Å². The van der Waals surface area contributed by atoms with Crippen molar-refractivity contribution < 1.29 is 14.3 Å². The molecule has 1 saturated heterocycles. The van der Waals surface area contributed by atoms with E-state index in [0.29, 0.717) is 19.7 Å². The zero-order chi connectivity index (χ0) is 15.9. The second-order valence-electron chi connectivity index (χ2n) is 5.69. The average Bonchev–Trinajstić information content (AvgIpc) is 2.51. The first-order valence-corrected chi connectivity index (χ1v) is 7.83. The highest BCUT2D eigenvalue weighted by Gasteiger charge is 2.32. The number of nitrogens with zero attached hydrogens (tertiary/aromatic N) is 1. The summed E-state index contributed by atoms with van der Waals surface area (Å²) in [4.78, 5) is 26.0. The van der Waals surface area contributed by atoms with E-state index in [-0.39, 0.29) is 18.3 Å². The van der Waals surface area contributed by atoms with Crippen molar-refractivity contribution in [2.24, 2.45) is 0 Å². The van der Waals surface area contributed by atoms with Crippen molar-refractivity contribution in [3.63, 3.8) is 0 Å². The molecule has 1 N–H and O–H groups in total. The van der Waals surface area contributed by atoms with E-state index < -0.39 is 6.04 Å². The van der Waals surface area contributed by atoms with Crippen molar-refractivity contribution in [3.8, 4) is 0 Å². The van der Waals surface area contributed by atoms with Crippen molar-refractivity contribution >= 4 is 11.9 Å². The lowest BCUT2D eigenvalue weighted by Gasteiger charge is -2.34. The Labute approximate surface area is 131 Å². The summed E-state index contributed by atoms with van der Waals surface area (Å²) in [5.41, 5.74) is 2.35. The molecule has 120 valence electrons. The molecule has 0 radical (unpaired) electrons. The summed E-state index contributed by atoms with van der Waals surface area (Å²) in [5.74, 6) is -0.399. The lowest BCUT2D eigenvalue weighted by molar-refractivity contribution is -0.148. The van der Waals surface area contributed by atoms with E-state index in [1.807, 2.05) is 13.8 Å². The van der Waals surface area contributed by atoms with Gasteiger partial charge in [0.25, 0.3) is 0 Å². The first-order chi connectivity index (χ1) is 10.6. The molecule has 2 rings (SSSR count). The Morgan fingerprint density at radius 3 is 2.77 bits per heavy atom. The van der Waals surface area contributed by atoms with Crippen LogP contribution in [0.2, 0.25) is 0 Å². The molecule has 0 aliphatic carbocycles. The number of aryl methyl sites for hydroxylation is 1. The minimum atomic E-state index is -0.445. The molecule has 5 nitrogen and oxygen atoms in total. The van der Waals surface area contributed by atoms with E-state index in [0.717, 1.165) is 18.5 Å². The van der Waals surface area contributed by atoms with E-state index in [9.17, 15) is 9.59 Å². The third kappa shape index (κ3) is 4.56. The van der Waals surface area contributed by atoms with E-state index in [2.05, 4.69) is 34.5 Å². The minimum absolute atomic E-state index is 0.0909. The van der Waals surface area contributed by atoms with Crippen molar-refractivity contribution in [1.82, 2.24) is 10.2 Å². The molecule has 0 saturated carbocycles. The predicted octanol–water partition coefficient (Wildman–Crippen LogP) is 1.64. The molecule has 1 fully saturated rings. The van der Waals surface area contributed by atoms with Gasteiger partial charge < -0.3 is 10.1 Å². The van der Waals surface area contributed by atoms with Crippen LogP contribution < -0.4 is 5.32 Å². The molecule has 1 amide bonds. The molecular formula is C17H24N2O3. The van der Waals surface area contributed by atoms with Crippen molar-refractivity contribution in [3.05, 3.63) is 35.4 Å². The number of ether oxygens (including phenoxy) is 1. The van der Waals surface area contributed by atoms with Crippen LogP contribution in [-0.2, 0) is 20.9 Å². The molecule has 1 aliphatic rings. The number of amides is 1. The number of benzene rings is 1. The maximum atomic E-state index is 12.1. The molecule has 0 unspecified atom stereocenters. The summed E-state index contributed by atoms with van der Waals surface area (Å²) in [6.07, 6.45) is 0.896. The fourth-order valence-corrected chi connectivity index (χ4v) is 2.53. The maximum Gasteiger partial charge on any atom is 0.307 e. The van der Waals surface area contributed by atoms with Crippen LogP contribution in [0.25, 0.3) is 0 Å². The third-order valence-corrected chi connectivity index (χ3v) is 3.78. The largest absolute Gasteiger partial charge is 0.466 e. The highest BCUT2D eigenvalue weighted by atomic mass is 16.5. The first-order valence-electron chi connectivity index (χ1n) is 7.83. The summed E-state index contributed by atoms with van der Waals surface area (Å²) >= 11 is 0. The number of piperazine rings is 1. The number of carbonyl (C=O) groups is 2. The molecule has 0 spiro atoms. The van der Waals surface area contributed by atoms with Gasteiger partial charge in [0.05, 0.1) is 13.0 Å². The molecular weight excluding hydrogens is 280 g/mol. The monoisotopic (exact) mass is 304 g/mol. The summed E-state index contributed by atoms with van der Waals surface area (Å²) in [6, 6.07) is 7.80. The average molecular weight is 304 g/mol. The van der Waals surface area contributed by atoms with Crippen LogP contribution in [0.15, 0.2) is 24.3 Å². The smallest absolute Gasteiger partial charge is 0.307 e. The molecule has 22 heavy (non-hydrogen) atoms. The fourth-order valence-electron chi connectivity index (χ4n) is 2.53. The topological polar surface area (TPSA) is 58.6 Å². The van der Waals surface area contributed by atoms with Crippen molar-refractivity contribution in [1.29, 1.82) is 0 Å². The molecule has 1 aromatic rings. The number of hydrogen-bond acceptors (Lipinski definition) is 4. The zero-order valence-electron chi connectivity index (χ0n) is 13.3. The SMILES string of the molecule is CCCOC(=O)C[C@@H]1C(=O)NCCN1Cc1ccc(C)cc1. The highest BCUT2D eigenvalue weighted by Crippen LogP contribution is 2.15. The lowest BCUT2D eigenvalue weighted by Crippen LogP contribution is -2.55. The van der Waals surface area contributed by atoms with Gasteiger partial charge >= 0.3 is 5.97 Å². The van der Waals surface area contributed by atoms with Gasteiger partial charge in [-0.15, -0.1) is 0 Å². The Bertz CT molecular complexity index is 513. The van der Waals surface area contributed by atoms with Crippen LogP contribution in [0.1, 0.15) is 30.9 Å². The van der Waals surface area contributed by atoms with Crippen LogP contribution in [0, 0.1) is 6.92 Å². The molecule has 1 aromatic carbocycles. The van der Waals surface area contributed by atoms with Gasteiger partial charge in [0.2, 0.25) is 5.91 Å². The van der Waals surface area contributed by atoms with Gasteiger partial charge in [-0.2, -0.15) is 0 Å². The maximum absolute atomic E-state index is 12.1. The summed E-state index contributed by atoms with van der Waals surface area (Å²) < 4.78 is 5.11. The number of hydrogen-bond donors (Lipinski definition) is 1. The van der Waals surface area contributed by atoms with Crippen LogP contribution in [0.5, 0.6) is 0 Å². The standard InChI is InChI=1S/C17H24N2O3/c1-3-10-22-16(20)11-15-17(21)18-8-9-19(15)12-14-6-4-13(2)5-7-14/h4-7,15H,3,8-12H2,1-2H3,(H,18,21)/t15-/m1/s1. The fraction of sp³-hybridized carbons (Fsp3) is 0.529. The summed E-state index contributed by atoms with van der Waals surface area (Å²) in [6.45, 7) is 6.43. The second-order valence-corrected chi connectivity index (χ2v) is 5.69. The van der Waals surface area contributed by atoms with E-state index >= 15 is 0 Å². The van der Waals surface area contributed by atoms with Crippen LogP contribution in [0.4, 0.5) is 0 Å². The number of nitrogens with one attached hydrogen (secondary N) is 1. The molecule has 1 atom stereocenters. The van der Waals surface area contributed by atoms with Gasteiger partial charge in [-0.3, -0.25) is 14.5 Å². The summed E-state index contributed by atoms with van der Waals surface area (Å²) in [7, 11) is 0. The second kappa shape index (κ2) is 7.94. The lowest BCUT2D eigenvalue weighted by atomic mass is 10.1. The highest BCUT2D eigenvalue weighted by molar-refractivity contribution is 5.87. The number of esters is 1. The van der Waals surface area contributed by atoms with Gasteiger partial charge in [-0.25, -0.2) is 0 Å². The number of rotatable bonds is 6. The van der Waals surface area contributed by atoms with Gasteiger partial charge in [0.1, 0.15) is 6.04 Å². The Morgan fingerprint density at radius 2 is 2.09 bits per heavy atom. The Kier molecular flexibility index (Phi) is 5.95. The van der Waals surface area contributed by atoms with Gasteiger partial charge in [-0.05, 0) is 18.9 Å². The van der Waals surface area contributed by atoms with Gasteiger partial charge in [-0.1, -0.05) is 36.8 Å². The Balaban J connectivity index is 2.01. The van der Waals surface area contributed by atoms with Gasteiger partial charge in [0, 0.05) is 19.6 Å². The Morgan fingerprint density at radius 1 is 1.36 bits per heavy atom. The van der Waals surface area contributed by atoms with Crippen LogP contribution in [-0.4, -0.2) is 42.5 Å². The molecule has 0 aromatic heterocycles. The van der Waals surface area contributed by atoms with E-state index in [4.69, 9.17) is 4.74 Å².